The number of amides is 1. The summed E-state index contributed by atoms with van der Waals surface area (Å²) < 4.78 is 4.71. The van der Waals surface area contributed by atoms with E-state index in [2.05, 4.69) is 0 Å². The maximum absolute atomic E-state index is 13.0. The second kappa shape index (κ2) is 8.10. The number of methoxy groups -OCH3 is 1. The van der Waals surface area contributed by atoms with Gasteiger partial charge in [-0.2, -0.15) is 0 Å². The molecule has 0 radical (unpaired) electrons. The van der Waals surface area contributed by atoms with Crippen molar-refractivity contribution in [2.45, 2.75) is 32.2 Å². The molecule has 6 nitrogen and oxygen atoms in total. The average Bonchev–Trinajstić information content (AvgIpc) is 3.13. The molecule has 0 bridgehead atoms. The minimum Gasteiger partial charge on any atom is -0.507 e. The minimum atomic E-state index is -0.333. The Bertz CT molecular complexity index is 927. The number of phenolic OH excluding ortho intramolecular Hbond substituents is 2. The van der Waals surface area contributed by atoms with Gasteiger partial charge in [0.1, 0.15) is 11.5 Å². The lowest BCUT2D eigenvalue weighted by atomic mass is 9.96. The molecule has 7 heteroatoms. The molecular weight excluding hydrogens is 382 g/mol. The molecule has 0 aliphatic carbocycles. The Morgan fingerprint density at radius 2 is 1.96 bits per heavy atom. The second-order valence-corrected chi connectivity index (χ2v) is 7.33. The predicted octanol–water partition coefficient (Wildman–Crippen LogP) is 3.75. The number of ether oxygens (including phenoxy) is 1. The van der Waals surface area contributed by atoms with E-state index in [0.717, 1.165) is 35.6 Å². The molecule has 0 saturated carbocycles. The van der Waals surface area contributed by atoms with Gasteiger partial charge in [-0.3, -0.25) is 9.59 Å². The summed E-state index contributed by atoms with van der Waals surface area (Å²) in [5.74, 6) is -1.21. The van der Waals surface area contributed by atoms with Crippen LogP contribution in [0.25, 0.3) is 0 Å². The summed E-state index contributed by atoms with van der Waals surface area (Å²) in [5.41, 5.74) is 2.91. The Morgan fingerprint density at radius 3 is 2.64 bits per heavy atom. The van der Waals surface area contributed by atoms with Crippen LogP contribution in [-0.4, -0.2) is 40.6 Å². The predicted molar refractivity (Wildman–Crippen MR) is 105 cm³/mol. The fraction of sp³-hybridized carbons (Fsp3) is 0.333. The molecule has 3 rings (SSSR count). The molecule has 148 valence electrons. The Balaban J connectivity index is 1.88. The Hall–Kier alpha value is -2.73. The number of benzene rings is 2. The SMILES string of the molecule is COC(=O)Cc1ccc(C2CCCN2C(=O)c2cc(Cl)c(O)cc2O)c(C)c1. The number of nitrogens with zero attached hydrogens (tertiary/aromatic N) is 1. The van der Waals surface area contributed by atoms with Crippen LogP contribution < -0.4 is 0 Å². The highest BCUT2D eigenvalue weighted by molar-refractivity contribution is 6.32. The van der Waals surface area contributed by atoms with Gasteiger partial charge >= 0.3 is 5.97 Å². The number of aryl methyl sites for hydroxylation is 1. The minimum absolute atomic E-state index is 0.0141. The van der Waals surface area contributed by atoms with E-state index in [0.29, 0.717) is 6.54 Å². The van der Waals surface area contributed by atoms with Gasteiger partial charge in [-0.05, 0) is 42.5 Å². The highest BCUT2D eigenvalue weighted by Crippen LogP contribution is 2.38. The highest BCUT2D eigenvalue weighted by Gasteiger charge is 2.33. The Kier molecular flexibility index (Phi) is 5.79. The van der Waals surface area contributed by atoms with E-state index in [9.17, 15) is 19.8 Å². The van der Waals surface area contributed by atoms with Crippen LogP contribution in [0.1, 0.15) is 45.9 Å². The third-order valence-electron chi connectivity index (χ3n) is 5.08. The molecule has 1 saturated heterocycles. The highest BCUT2D eigenvalue weighted by atomic mass is 35.5. The number of likely N-dealkylation sites (tertiary alicyclic amines) is 1. The van der Waals surface area contributed by atoms with Crippen LogP contribution in [0.3, 0.4) is 0 Å². The van der Waals surface area contributed by atoms with Gasteiger partial charge in [0.2, 0.25) is 0 Å². The van der Waals surface area contributed by atoms with Gasteiger partial charge in [0.15, 0.2) is 0 Å². The average molecular weight is 404 g/mol. The molecule has 1 aliphatic rings. The van der Waals surface area contributed by atoms with E-state index >= 15 is 0 Å². The fourth-order valence-corrected chi connectivity index (χ4v) is 3.83. The van der Waals surface area contributed by atoms with Crippen molar-refractivity contribution < 1.29 is 24.5 Å². The number of aromatic hydroxyl groups is 2. The standard InChI is InChI=1S/C21H22ClNO5/c1-12-8-13(9-20(26)28-2)5-6-14(12)17-4-3-7-23(17)21(27)15-10-16(22)19(25)11-18(15)24/h5-6,8,10-11,17,24-25H,3-4,7,9H2,1-2H3. The summed E-state index contributed by atoms with van der Waals surface area (Å²) >= 11 is 5.92. The van der Waals surface area contributed by atoms with E-state index in [4.69, 9.17) is 16.3 Å². The number of hydrogen-bond acceptors (Lipinski definition) is 5. The van der Waals surface area contributed by atoms with E-state index in [1.165, 1.54) is 13.2 Å². The lowest BCUT2D eigenvalue weighted by Gasteiger charge is -2.27. The number of carbonyl (C=O) groups excluding carboxylic acids is 2. The van der Waals surface area contributed by atoms with Gasteiger partial charge in [0.05, 0.1) is 30.2 Å². The molecule has 1 aliphatic heterocycles. The van der Waals surface area contributed by atoms with Gasteiger partial charge < -0.3 is 19.8 Å². The number of carbonyl (C=O) groups is 2. The zero-order valence-electron chi connectivity index (χ0n) is 15.7. The lowest BCUT2D eigenvalue weighted by Crippen LogP contribution is -2.31. The van der Waals surface area contributed by atoms with Crippen molar-refractivity contribution >= 4 is 23.5 Å². The first kappa shape index (κ1) is 20.0. The van der Waals surface area contributed by atoms with E-state index in [1.54, 1.807) is 4.90 Å². The molecule has 1 heterocycles. The molecule has 1 unspecified atom stereocenters. The molecule has 1 fully saturated rings. The van der Waals surface area contributed by atoms with Crippen molar-refractivity contribution in [3.63, 3.8) is 0 Å². The number of rotatable bonds is 4. The summed E-state index contributed by atoms with van der Waals surface area (Å²) in [6.07, 6.45) is 1.84. The van der Waals surface area contributed by atoms with Crippen LogP contribution in [0, 0.1) is 6.92 Å². The monoisotopic (exact) mass is 403 g/mol. The first-order valence-electron chi connectivity index (χ1n) is 9.00. The smallest absolute Gasteiger partial charge is 0.309 e. The summed E-state index contributed by atoms with van der Waals surface area (Å²) in [6, 6.07) is 7.97. The van der Waals surface area contributed by atoms with Gasteiger partial charge in [-0.1, -0.05) is 29.8 Å². The quantitative estimate of drug-likeness (QED) is 0.759. The summed E-state index contributed by atoms with van der Waals surface area (Å²) in [6.45, 7) is 2.51. The number of phenols is 2. The van der Waals surface area contributed by atoms with Crippen molar-refractivity contribution in [3.8, 4) is 11.5 Å². The molecule has 1 amide bonds. The zero-order valence-corrected chi connectivity index (χ0v) is 16.5. The lowest BCUT2D eigenvalue weighted by molar-refractivity contribution is -0.139. The third-order valence-corrected chi connectivity index (χ3v) is 5.38. The van der Waals surface area contributed by atoms with E-state index < -0.39 is 0 Å². The zero-order chi connectivity index (χ0) is 20.4. The number of hydrogen-bond donors (Lipinski definition) is 2. The molecule has 2 N–H and O–H groups in total. The summed E-state index contributed by atoms with van der Waals surface area (Å²) in [7, 11) is 1.36. The molecule has 2 aromatic rings. The van der Waals surface area contributed by atoms with E-state index in [-0.39, 0.29) is 46.4 Å². The van der Waals surface area contributed by atoms with Crippen LogP contribution in [0.15, 0.2) is 30.3 Å². The van der Waals surface area contributed by atoms with Gasteiger partial charge in [0, 0.05) is 12.6 Å². The topological polar surface area (TPSA) is 87.1 Å². The molecule has 0 aromatic heterocycles. The van der Waals surface area contributed by atoms with Crippen molar-refractivity contribution in [3.05, 3.63) is 57.6 Å². The summed E-state index contributed by atoms with van der Waals surface area (Å²) in [4.78, 5) is 26.2. The molecule has 0 spiro atoms. The summed E-state index contributed by atoms with van der Waals surface area (Å²) in [5, 5.41) is 19.7. The normalized spacial score (nSPS) is 16.2. The Morgan fingerprint density at radius 1 is 1.21 bits per heavy atom. The van der Waals surface area contributed by atoms with Gasteiger partial charge in [-0.25, -0.2) is 0 Å². The van der Waals surface area contributed by atoms with Crippen LogP contribution in [0.5, 0.6) is 11.5 Å². The van der Waals surface area contributed by atoms with Crippen molar-refractivity contribution in [1.29, 1.82) is 0 Å². The first-order chi connectivity index (χ1) is 13.3. The Labute approximate surface area is 168 Å². The van der Waals surface area contributed by atoms with Gasteiger partial charge in [-0.15, -0.1) is 0 Å². The van der Waals surface area contributed by atoms with Gasteiger partial charge in [0.25, 0.3) is 5.91 Å². The third kappa shape index (κ3) is 3.92. The maximum atomic E-state index is 13.0. The largest absolute Gasteiger partial charge is 0.507 e. The van der Waals surface area contributed by atoms with Crippen molar-refractivity contribution in [2.75, 3.05) is 13.7 Å². The van der Waals surface area contributed by atoms with Crippen LogP contribution in [0.2, 0.25) is 5.02 Å². The molecular formula is C21H22ClNO5. The van der Waals surface area contributed by atoms with Crippen LogP contribution >= 0.6 is 11.6 Å². The molecule has 28 heavy (non-hydrogen) atoms. The van der Waals surface area contributed by atoms with Crippen molar-refractivity contribution in [1.82, 2.24) is 4.90 Å². The van der Waals surface area contributed by atoms with Crippen LogP contribution in [-0.2, 0) is 16.0 Å². The molecule has 2 aromatic carbocycles. The molecule has 1 atom stereocenters. The number of esters is 1. The maximum Gasteiger partial charge on any atom is 0.309 e. The fourth-order valence-electron chi connectivity index (χ4n) is 3.67. The first-order valence-corrected chi connectivity index (χ1v) is 9.38. The number of halogens is 1. The van der Waals surface area contributed by atoms with Crippen LogP contribution in [0.4, 0.5) is 0 Å². The van der Waals surface area contributed by atoms with E-state index in [1.807, 2.05) is 25.1 Å². The van der Waals surface area contributed by atoms with Crippen molar-refractivity contribution in [2.24, 2.45) is 0 Å². The second-order valence-electron chi connectivity index (χ2n) is 6.92.